The molecule has 1 saturated heterocycles. The fraction of sp³-hybridized carbons (Fsp3) is 0.619. The van der Waals surface area contributed by atoms with E-state index in [-0.39, 0.29) is 11.8 Å². The van der Waals surface area contributed by atoms with E-state index in [2.05, 4.69) is 29.0 Å². The van der Waals surface area contributed by atoms with Gasteiger partial charge in [-0.2, -0.15) is 0 Å². The first-order chi connectivity index (χ1) is 12.7. The predicted octanol–water partition coefficient (Wildman–Crippen LogP) is 3.11. The van der Waals surface area contributed by atoms with Crippen LogP contribution in [0.15, 0.2) is 24.4 Å². The lowest BCUT2D eigenvalue weighted by molar-refractivity contribution is 0.0944. The smallest absolute Gasteiger partial charge is 0.272 e. The molecule has 1 N–H and O–H groups in total. The molecule has 2 aromatic heterocycles. The molecule has 3 atom stereocenters. The molecule has 1 unspecified atom stereocenters. The Morgan fingerprint density at radius 2 is 2.04 bits per heavy atom. The van der Waals surface area contributed by atoms with Gasteiger partial charge in [0.2, 0.25) is 0 Å². The summed E-state index contributed by atoms with van der Waals surface area (Å²) < 4.78 is 15.8. The van der Waals surface area contributed by atoms with Crippen molar-refractivity contribution < 1.29 is 9.18 Å². The van der Waals surface area contributed by atoms with Crippen molar-refractivity contribution in [1.29, 1.82) is 0 Å². The van der Waals surface area contributed by atoms with E-state index in [9.17, 15) is 9.18 Å². The molecule has 2 aliphatic rings. The number of imidazole rings is 1. The van der Waals surface area contributed by atoms with E-state index in [0.717, 1.165) is 24.4 Å². The molecule has 5 nitrogen and oxygen atoms in total. The molecule has 1 saturated carbocycles. The fourth-order valence-electron chi connectivity index (χ4n) is 4.63. The molecular formula is C21H29FN4O. The third kappa shape index (κ3) is 3.59. The van der Waals surface area contributed by atoms with Gasteiger partial charge in [0.25, 0.3) is 5.91 Å². The Morgan fingerprint density at radius 1 is 1.33 bits per heavy atom. The first kappa shape index (κ1) is 18.4. The van der Waals surface area contributed by atoms with Crippen molar-refractivity contribution in [2.45, 2.75) is 39.3 Å². The first-order valence-corrected chi connectivity index (χ1v) is 9.91. The van der Waals surface area contributed by atoms with Gasteiger partial charge in [-0.15, -0.1) is 0 Å². The van der Waals surface area contributed by atoms with Gasteiger partial charge >= 0.3 is 0 Å². The number of hydrogen-bond acceptors (Lipinski definition) is 3. The molecular weight excluding hydrogens is 343 g/mol. The maximum Gasteiger partial charge on any atom is 0.272 e. The van der Waals surface area contributed by atoms with Crippen LogP contribution >= 0.6 is 0 Å². The van der Waals surface area contributed by atoms with Gasteiger partial charge in [0.05, 0.1) is 5.52 Å². The highest BCUT2D eigenvalue weighted by molar-refractivity contribution is 5.99. The van der Waals surface area contributed by atoms with Gasteiger partial charge < -0.3 is 9.72 Å². The van der Waals surface area contributed by atoms with Gasteiger partial charge in [0.1, 0.15) is 11.5 Å². The SMILES string of the molecule is CC(C)c1nc(C(=O)NCC2[C@H]3CN(CC(C)(C)F)C[C@@H]23)c2ccccn12. The Morgan fingerprint density at radius 3 is 2.67 bits per heavy atom. The average Bonchev–Trinajstić information content (AvgIpc) is 2.95. The number of fused-ring (bicyclic) bond motifs is 2. The molecule has 0 bridgehead atoms. The second-order valence-corrected chi connectivity index (χ2v) is 9.04. The van der Waals surface area contributed by atoms with Gasteiger partial charge in [-0.25, -0.2) is 9.37 Å². The molecule has 2 aromatic rings. The largest absolute Gasteiger partial charge is 0.350 e. The minimum Gasteiger partial charge on any atom is -0.350 e. The van der Waals surface area contributed by atoms with Gasteiger partial charge in [-0.05, 0) is 43.7 Å². The normalized spacial score (nSPS) is 25.2. The number of amides is 1. The molecule has 0 spiro atoms. The number of carbonyl (C=O) groups is 1. The lowest BCUT2D eigenvalue weighted by Crippen LogP contribution is -2.37. The number of halogens is 1. The van der Waals surface area contributed by atoms with Crippen LogP contribution in [0.25, 0.3) is 5.52 Å². The van der Waals surface area contributed by atoms with Crippen LogP contribution in [0.5, 0.6) is 0 Å². The summed E-state index contributed by atoms with van der Waals surface area (Å²) in [5.41, 5.74) is 0.216. The molecule has 6 heteroatoms. The van der Waals surface area contributed by atoms with Crippen LogP contribution in [-0.2, 0) is 0 Å². The third-order valence-corrected chi connectivity index (χ3v) is 5.85. The van der Waals surface area contributed by atoms with Crippen molar-refractivity contribution >= 4 is 11.4 Å². The minimum absolute atomic E-state index is 0.0997. The van der Waals surface area contributed by atoms with Crippen LogP contribution in [-0.4, -0.2) is 52.0 Å². The lowest BCUT2D eigenvalue weighted by atomic mass is 10.1. The second-order valence-electron chi connectivity index (χ2n) is 9.04. The number of piperidine rings is 1. The van der Waals surface area contributed by atoms with Gasteiger partial charge in [-0.1, -0.05) is 19.9 Å². The number of nitrogens with one attached hydrogen (secondary N) is 1. The average molecular weight is 372 g/mol. The van der Waals surface area contributed by atoms with Crippen LogP contribution in [0, 0.1) is 17.8 Å². The first-order valence-electron chi connectivity index (χ1n) is 9.91. The van der Waals surface area contributed by atoms with E-state index >= 15 is 0 Å². The number of nitrogens with zero attached hydrogens (tertiary/aromatic N) is 3. The third-order valence-electron chi connectivity index (χ3n) is 5.85. The number of hydrogen-bond donors (Lipinski definition) is 1. The van der Waals surface area contributed by atoms with Gasteiger partial charge in [-0.3, -0.25) is 9.69 Å². The van der Waals surface area contributed by atoms with E-state index in [1.165, 1.54) is 0 Å². The van der Waals surface area contributed by atoms with Crippen molar-refractivity contribution in [3.05, 3.63) is 35.9 Å². The monoisotopic (exact) mass is 372 g/mol. The highest BCUT2D eigenvalue weighted by Gasteiger charge is 2.55. The Hall–Kier alpha value is -1.95. The van der Waals surface area contributed by atoms with Crippen LogP contribution in [0.3, 0.4) is 0 Å². The topological polar surface area (TPSA) is 49.6 Å². The zero-order valence-corrected chi connectivity index (χ0v) is 16.6. The van der Waals surface area contributed by atoms with Gasteiger partial charge in [0.15, 0.2) is 5.69 Å². The van der Waals surface area contributed by atoms with E-state index < -0.39 is 5.67 Å². The highest BCUT2D eigenvalue weighted by atomic mass is 19.1. The summed E-state index contributed by atoms with van der Waals surface area (Å²) in [6.45, 7) is 10.5. The minimum atomic E-state index is -1.14. The van der Waals surface area contributed by atoms with Crippen molar-refractivity contribution in [2.75, 3.05) is 26.2 Å². The number of alkyl halides is 1. The standard InChI is InChI=1S/C21H29FN4O/c1-13(2)19-24-18(17-7-5-6-8-26(17)19)20(27)23-9-14-15-10-25(11-16(14)15)12-21(3,4)22/h5-8,13-16H,9-12H2,1-4H3,(H,23,27)/t14?,15-,16+. The number of likely N-dealkylation sites (tertiary alicyclic amines) is 1. The molecule has 0 aromatic carbocycles. The van der Waals surface area contributed by atoms with E-state index in [1.807, 2.05) is 28.8 Å². The van der Waals surface area contributed by atoms with Crippen molar-refractivity contribution in [1.82, 2.24) is 19.6 Å². The second kappa shape index (κ2) is 6.59. The van der Waals surface area contributed by atoms with Gasteiger partial charge in [0, 0.05) is 38.3 Å². The maximum atomic E-state index is 13.8. The Labute approximate surface area is 160 Å². The van der Waals surface area contributed by atoms with Crippen LogP contribution < -0.4 is 5.32 Å². The molecule has 1 amide bonds. The van der Waals surface area contributed by atoms with Crippen LogP contribution in [0.1, 0.15) is 49.9 Å². The molecule has 0 radical (unpaired) electrons. The van der Waals surface area contributed by atoms with E-state index in [4.69, 9.17) is 0 Å². The molecule has 1 aliphatic carbocycles. The summed E-state index contributed by atoms with van der Waals surface area (Å²) in [5.74, 6) is 2.76. The molecule has 27 heavy (non-hydrogen) atoms. The zero-order valence-electron chi connectivity index (χ0n) is 16.6. The summed E-state index contributed by atoms with van der Waals surface area (Å²) in [6.07, 6.45) is 1.96. The van der Waals surface area contributed by atoms with Crippen molar-refractivity contribution in [2.24, 2.45) is 17.8 Å². The number of aromatic nitrogens is 2. The number of rotatable bonds is 6. The maximum absolute atomic E-state index is 13.8. The van der Waals surface area contributed by atoms with Crippen molar-refractivity contribution in [3.63, 3.8) is 0 Å². The summed E-state index contributed by atoms with van der Waals surface area (Å²) >= 11 is 0. The zero-order chi connectivity index (χ0) is 19.3. The molecule has 1 aliphatic heterocycles. The quantitative estimate of drug-likeness (QED) is 0.848. The number of carbonyl (C=O) groups excluding carboxylic acids is 1. The summed E-state index contributed by atoms with van der Waals surface area (Å²) in [7, 11) is 0. The Kier molecular flexibility index (Phi) is 4.49. The van der Waals surface area contributed by atoms with E-state index in [1.54, 1.807) is 13.8 Å². The molecule has 146 valence electrons. The molecule has 2 fully saturated rings. The summed E-state index contributed by atoms with van der Waals surface area (Å²) in [5, 5.41) is 3.09. The number of pyridine rings is 1. The van der Waals surface area contributed by atoms with Crippen LogP contribution in [0.2, 0.25) is 0 Å². The Bertz CT molecular complexity index is 841. The predicted molar refractivity (Wildman–Crippen MR) is 104 cm³/mol. The van der Waals surface area contributed by atoms with Crippen LogP contribution in [0.4, 0.5) is 4.39 Å². The fourth-order valence-corrected chi connectivity index (χ4v) is 4.63. The Balaban J connectivity index is 1.36. The lowest BCUT2D eigenvalue weighted by Gasteiger charge is -2.25. The summed E-state index contributed by atoms with van der Waals surface area (Å²) in [6, 6.07) is 5.83. The highest BCUT2D eigenvalue weighted by Crippen LogP contribution is 2.51. The molecule has 3 heterocycles. The molecule has 4 rings (SSSR count). The van der Waals surface area contributed by atoms with E-state index in [0.29, 0.717) is 36.5 Å². The summed E-state index contributed by atoms with van der Waals surface area (Å²) in [4.78, 5) is 19.6. The van der Waals surface area contributed by atoms with Crippen molar-refractivity contribution in [3.8, 4) is 0 Å².